The molecule has 5 heteroatoms. The van der Waals surface area contributed by atoms with Crippen molar-refractivity contribution in [2.24, 2.45) is 0 Å². The molecule has 0 unspecified atom stereocenters. The van der Waals surface area contributed by atoms with Crippen molar-refractivity contribution in [1.82, 2.24) is 5.32 Å². The molecule has 0 atom stereocenters. The molecule has 2 nitrogen and oxygen atoms in total. The van der Waals surface area contributed by atoms with Gasteiger partial charge < -0.3 is 5.32 Å². The molecule has 2 aromatic rings. The summed E-state index contributed by atoms with van der Waals surface area (Å²) in [6.45, 7) is 2.07. The Morgan fingerprint density at radius 1 is 1.10 bits per heavy atom. The van der Waals surface area contributed by atoms with Crippen LogP contribution in [0, 0.1) is 6.92 Å². The van der Waals surface area contributed by atoms with E-state index < -0.39 is 11.7 Å². The molecule has 0 bridgehead atoms. The molecule has 0 heterocycles. The van der Waals surface area contributed by atoms with Crippen molar-refractivity contribution in [1.29, 1.82) is 0 Å². The van der Waals surface area contributed by atoms with Gasteiger partial charge in [0, 0.05) is 12.1 Å². The maximum atomic E-state index is 12.4. The Hall–Kier alpha value is -2.30. The molecule has 0 spiro atoms. The summed E-state index contributed by atoms with van der Waals surface area (Å²) in [5, 5.41) is 2.68. The zero-order valence-electron chi connectivity index (χ0n) is 11.4. The lowest BCUT2D eigenvalue weighted by atomic mass is 10.1. The Morgan fingerprint density at radius 2 is 1.76 bits per heavy atom. The van der Waals surface area contributed by atoms with Gasteiger partial charge >= 0.3 is 6.18 Å². The van der Waals surface area contributed by atoms with E-state index in [0.29, 0.717) is 11.1 Å². The Labute approximate surface area is 120 Å². The number of halogens is 3. The molecule has 0 saturated carbocycles. The lowest BCUT2D eigenvalue weighted by molar-refractivity contribution is -0.137. The van der Waals surface area contributed by atoms with Gasteiger partial charge in [-0.15, -0.1) is 0 Å². The van der Waals surface area contributed by atoms with E-state index in [1.807, 2.05) is 13.0 Å². The number of alkyl halides is 3. The molecule has 0 saturated heterocycles. The van der Waals surface area contributed by atoms with Crippen molar-refractivity contribution in [3.63, 3.8) is 0 Å². The molecule has 0 fully saturated rings. The number of hydrogen-bond acceptors (Lipinski definition) is 1. The predicted molar refractivity (Wildman–Crippen MR) is 73.8 cm³/mol. The van der Waals surface area contributed by atoms with Crippen molar-refractivity contribution in [2.75, 3.05) is 0 Å². The fourth-order valence-corrected chi connectivity index (χ4v) is 1.88. The molecule has 0 aliphatic rings. The van der Waals surface area contributed by atoms with Crippen LogP contribution in [-0.4, -0.2) is 5.91 Å². The van der Waals surface area contributed by atoms with Gasteiger partial charge in [-0.25, -0.2) is 0 Å². The van der Waals surface area contributed by atoms with Gasteiger partial charge in [0.2, 0.25) is 0 Å². The van der Waals surface area contributed by atoms with Crippen LogP contribution in [0.2, 0.25) is 0 Å². The third-order valence-corrected chi connectivity index (χ3v) is 3.01. The molecule has 110 valence electrons. The van der Waals surface area contributed by atoms with Gasteiger partial charge in [-0.05, 0) is 36.8 Å². The molecule has 1 N–H and O–H groups in total. The van der Waals surface area contributed by atoms with Crippen molar-refractivity contribution < 1.29 is 18.0 Å². The van der Waals surface area contributed by atoms with Gasteiger partial charge in [0.25, 0.3) is 5.91 Å². The van der Waals surface area contributed by atoms with Gasteiger partial charge in [0.1, 0.15) is 0 Å². The summed E-state index contributed by atoms with van der Waals surface area (Å²) in [6.07, 6.45) is -4.34. The minimum absolute atomic E-state index is 0.185. The number of rotatable bonds is 3. The van der Waals surface area contributed by atoms with Gasteiger partial charge in [-0.3, -0.25) is 4.79 Å². The second-order valence-corrected chi connectivity index (χ2v) is 4.75. The van der Waals surface area contributed by atoms with E-state index in [2.05, 4.69) is 5.32 Å². The van der Waals surface area contributed by atoms with Crippen LogP contribution in [0.5, 0.6) is 0 Å². The smallest absolute Gasteiger partial charge is 0.348 e. The van der Waals surface area contributed by atoms with Crippen LogP contribution in [-0.2, 0) is 12.7 Å². The van der Waals surface area contributed by atoms with Crippen molar-refractivity contribution in [2.45, 2.75) is 19.6 Å². The SMILES string of the molecule is Cc1cccc(C(=O)NCc2ccc(C(F)(F)F)cc2)c1. The highest BCUT2D eigenvalue weighted by atomic mass is 19.4. The lowest BCUT2D eigenvalue weighted by Gasteiger charge is -2.09. The molecule has 1 amide bonds. The molecule has 0 aliphatic carbocycles. The second-order valence-electron chi connectivity index (χ2n) is 4.75. The molecular formula is C16H14F3NO. The van der Waals surface area contributed by atoms with Crippen LogP contribution in [0.25, 0.3) is 0 Å². The normalized spacial score (nSPS) is 11.2. The molecular weight excluding hydrogens is 279 g/mol. The van der Waals surface area contributed by atoms with Gasteiger partial charge in [-0.1, -0.05) is 29.8 Å². The van der Waals surface area contributed by atoms with Crippen molar-refractivity contribution >= 4 is 5.91 Å². The monoisotopic (exact) mass is 293 g/mol. The molecule has 2 aromatic carbocycles. The predicted octanol–water partition coefficient (Wildman–Crippen LogP) is 3.94. The fraction of sp³-hybridized carbons (Fsp3) is 0.188. The van der Waals surface area contributed by atoms with E-state index in [0.717, 1.165) is 17.7 Å². The third-order valence-electron chi connectivity index (χ3n) is 3.01. The highest BCUT2D eigenvalue weighted by Gasteiger charge is 2.29. The summed E-state index contributed by atoms with van der Waals surface area (Å²) in [5.74, 6) is -0.251. The largest absolute Gasteiger partial charge is 0.416 e. The van der Waals surface area contributed by atoms with Crippen LogP contribution in [0.1, 0.15) is 27.0 Å². The maximum Gasteiger partial charge on any atom is 0.416 e. The number of hydrogen-bond donors (Lipinski definition) is 1. The van der Waals surface area contributed by atoms with E-state index in [9.17, 15) is 18.0 Å². The first-order valence-corrected chi connectivity index (χ1v) is 6.37. The van der Waals surface area contributed by atoms with Crippen LogP contribution in [0.15, 0.2) is 48.5 Å². The highest BCUT2D eigenvalue weighted by Crippen LogP contribution is 2.29. The summed E-state index contributed by atoms with van der Waals surface area (Å²) in [4.78, 5) is 11.9. The third kappa shape index (κ3) is 4.08. The zero-order chi connectivity index (χ0) is 15.5. The average molecular weight is 293 g/mol. The van der Waals surface area contributed by atoms with Gasteiger partial charge in [0.15, 0.2) is 0 Å². The first-order chi connectivity index (χ1) is 9.86. The fourth-order valence-electron chi connectivity index (χ4n) is 1.88. The quantitative estimate of drug-likeness (QED) is 0.912. The first-order valence-electron chi connectivity index (χ1n) is 6.37. The molecule has 0 radical (unpaired) electrons. The Balaban J connectivity index is 1.98. The number of nitrogens with one attached hydrogen (secondary N) is 1. The minimum Gasteiger partial charge on any atom is -0.348 e. The van der Waals surface area contributed by atoms with E-state index in [-0.39, 0.29) is 12.5 Å². The number of benzene rings is 2. The van der Waals surface area contributed by atoms with Crippen molar-refractivity contribution in [3.05, 3.63) is 70.8 Å². The van der Waals surface area contributed by atoms with Crippen molar-refractivity contribution in [3.8, 4) is 0 Å². The maximum absolute atomic E-state index is 12.4. The van der Waals surface area contributed by atoms with Crippen LogP contribution < -0.4 is 5.32 Å². The number of carbonyl (C=O) groups excluding carboxylic acids is 1. The summed E-state index contributed by atoms with van der Waals surface area (Å²) in [5.41, 5.74) is 1.42. The molecule has 21 heavy (non-hydrogen) atoms. The summed E-state index contributed by atoms with van der Waals surface area (Å²) in [7, 11) is 0. The first kappa shape index (κ1) is 15.1. The van der Waals surface area contributed by atoms with Crippen LogP contribution in [0.3, 0.4) is 0 Å². The zero-order valence-corrected chi connectivity index (χ0v) is 11.4. The molecule has 0 aromatic heterocycles. The highest BCUT2D eigenvalue weighted by molar-refractivity contribution is 5.94. The number of aryl methyl sites for hydroxylation is 1. The molecule has 2 rings (SSSR count). The standard InChI is InChI=1S/C16H14F3NO/c1-11-3-2-4-13(9-11)15(21)20-10-12-5-7-14(8-6-12)16(17,18)19/h2-9H,10H2,1H3,(H,20,21). The summed E-state index contributed by atoms with van der Waals surface area (Å²) < 4.78 is 37.3. The van der Waals surface area contributed by atoms with E-state index in [1.165, 1.54) is 12.1 Å². The van der Waals surface area contributed by atoms with E-state index in [4.69, 9.17) is 0 Å². The topological polar surface area (TPSA) is 29.1 Å². The van der Waals surface area contributed by atoms with Gasteiger partial charge in [-0.2, -0.15) is 13.2 Å². The Bertz CT molecular complexity index is 633. The van der Waals surface area contributed by atoms with E-state index >= 15 is 0 Å². The summed E-state index contributed by atoms with van der Waals surface area (Å²) >= 11 is 0. The molecule has 0 aliphatic heterocycles. The number of carbonyl (C=O) groups is 1. The van der Waals surface area contributed by atoms with Crippen LogP contribution >= 0.6 is 0 Å². The second kappa shape index (κ2) is 5.99. The minimum atomic E-state index is -4.34. The number of amides is 1. The lowest BCUT2D eigenvalue weighted by Crippen LogP contribution is -2.22. The summed E-state index contributed by atoms with van der Waals surface area (Å²) in [6, 6.07) is 11.8. The van der Waals surface area contributed by atoms with E-state index in [1.54, 1.807) is 18.2 Å². The van der Waals surface area contributed by atoms with Gasteiger partial charge in [0.05, 0.1) is 5.56 Å². The Kier molecular flexibility index (Phi) is 4.31. The average Bonchev–Trinajstić information content (AvgIpc) is 2.44. The van der Waals surface area contributed by atoms with Crippen LogP contribution in [0.4, 0.5) is 13.2 Å². The Morgan fingerprint density at radius 3 is 2.33 bits per heavy atom.